The first kappa shape index (κ1) is 21.1. The minimum atomic E-state index is -0.379. The second-order valence-electron chi connectivity index (χ2n) is 12.9. The zero-order valence-electron chi connectivity index (χ0n) is 19.9. The molecule has 0 aromatic carbocycles. The summed E-state index contributed by atoms with van der Waals surface area (Å²) in [4.78, 5) is 0. The van der Waals surface area contributed by atoms with Gasteiger partial charge in [0.1, 0.15) is 5.72 Å². The molecule has 31 heavy (non-hydrogen) atoms. The normalized spacial score (nSPS) is 60.7. The average molecular weight is 430 g/mol. The Hall–Kier alpha value is -0.420. The molecule has 0 amide bonds. The molecule has 2 heterocycles. The SMILES string of the molecule is CC1CCC2(NC1)O[C@H]1CC3C4CC(O)C5=CC(O)CC[C@]5(C)C4CC[C@]3(C)[C@H]1[C@@H]2C. The topological polar surface area (TPSA) is 61.7 Å². The average Bonchev–Trinajstić information content (AvgIpc) is 3.17. The van der Waals surface area contributed by atoms with Crippen LogP contribution in [-0.2, 0) is 4.74 Å². The van der Waals surface area contributed by atoms with Crippen LogP contribution in [0.15, 0.2) is 11.6 Å². The molecule has 174 valence electrons. The van der Waals surface area contributed by atoms with Crippen LogP contribution in [0.4, 0.5) is 0 Å². The van der Waals surface area contributed by atoms with Crippen molar-refractivity contribution in [1.29, 1.82) is 0 Å². The van der Waals surface area contributed by atoms with E-state index in [4.69, 9.17) is 4.74 Å². The minimum Gasteiger partial charge on any atom is -0.389 e. The number of ether oxygens (including phenoxy) is 1. The molecule has 4 aliphatic carbocycles. The summed E-state index contributed by atoms with van der Waals surface area (Å²) in [7, 11) is 0. The molecule has 3 saturated carbocycles. The summed E-state index contributed by atoms with van der Waals surface area (Å²) >= 11 is 0. The van der Waals surface area contributed by atoms with Gasteiger partial charge in [0.15, 0.2) is 0 Å². The third kappa shape index (κ3) is 2.74. The Balaban J connectivity index is 1.30. The maximum atomic E-state index is 11.2. The van der Waals surface area contributed by atoms with Crippen molar-refractivity contribution in [3.63, 3.8) is 0 Å². The van der Waals surface area contributed by atoms with E-state index in [-0.39, 0.29) is 23.3 Å². The predicted octanol–water partition coefficient (Wildman–Crippen LogP) is 4.26. The Morgan fingerprint density at radius 3 is 2.55 bits per heavy atom. The molecule has 0 aromatic rings. The molecule has 7 unspecified atom stereocenters. The largest absolute Gasteiger partial charge is 0.389 e. The van der Waals surface area contributed by atoms with E-state index in [1.54, 1.807) is 0 Å². The Morgan fingerprint density at radius 2 is 1.81 bits per heavy atom. The first-order chi connectivity index (χ1) is 14.7. The fraction of sp³-hybridized carbons (Fsp3) is 0.926. The van der Waals surface area contributed by atoms with Crippen LogP contribution in [-0.4, -0.2) is 40.8 Å². The molecular formula is C27H43NO3. The van der Waals surface area contributed by atoms with E-state index in [0.29, 0.717) is 41.1 Å². The van der Waals surface area contributed by atoms with Gasteiger partial charge in [0.2, 0.25) is 0 Å². The monoisotopic (exact) mass is 429 g/mol. The first-order valence-electron chi connectivity index (χ1n) is 13.2. The highest BCUT2D eigenvalue weighted by atomic mass is 16.5. The third-order valence-electron chi connectivity index (χ3n) is 11.6. The summed E-state index contributed by atoms with van der Waals surface area (Å²) in [6.07, 6.45) is 10.5. The number of nitrogens with one attached hydrogen (secondary N) is 1. The quantitative estimate of drug-likeness (QED) is 0.504. The van der Waals surface area contributed by atoms with E-state index >= 15 is 0 Å². The van der Waals surface area contributed by atoms with Gasteiger partial charge in [-0.1, -0.05) is 33.8 Å². The molecule has 0 radical (unpaired) electrons. The summed E-state index contributed by atoms with van der Waals surface area (Å²) in [6, 6.07) is 0. The smallest absolute Gasteiger partial charge is 0.122 e. The summed E-state index contributed by atoms with van der Waals surface area (Å²) in [5, 5.41) is 25.3. The van der Waals surface area contributed by atoms with Gasteiger partial charge in [0.05, 0.1) is 18.3 Å². The number of aliphatic hydroxyl groups is 2. The molecule has 4 heteroatoms. The summed E-state index contributed by atoms with van der Waals surface area (Å²) in [5.74, 6) is 3.83. The molecule has 5 fully saturated rings. The predicted molar refractivity (Wildman–Crippen MR) is 121 cm³/mol. The number of fused-ring (bicyclic) bond motifs is 7. The lowest BCUT2D eigenvalue weighted by Gasteiger charge is -2.60. The van der Waals surface area contributed by atoms with E-state index in [2.05, 4.69) is 33.0 Å². The van der Waals surface area contributed by atoms with E-state index in [1.165, 1.54) is 25.7 Å². The van der Waals surface area contributed by atoms with Crippen molar-refractivity contribution < 1.29 is 14.9 Å². The second-order valence-corrected chi connectivity index (χ2v) is 12.9. The van der Waals surface area contributed by atoms with Crippen LogP contribution in [0.1, 0.15) is 79.1 Å². The first-order valence-corrected chi connectivity index (χ1v) is 13.2. The van der Waals surface area contributed by atoms with E-state index in [1.807, 2.05) is 6.08 Å². The molecule has 2 aliphatic heterocycles. The van der Waals surface area contributed by atoms with Crippen molar-refractivity contribution in [3.8, 4) is 0 Å². The second kappa shape index (κ2) is 6.81. The maximum absolute atomic E-state index is 11.2. The number of hydrogen-bond donors (Lipinski definition) is 3. The Bertz CT molecular complexity index is 772. The highest BCUT2D eigenvalue weighted by Gasteiger charge is 2.68. The maximum Gasteiger partial charge on any atom is 0.122 e. The zero-order chi connectivity index (χ0) is 21.8. The van der Waals surface area contributed by atoms with Crippen LogP contribution < -0.4 is 5.32 Å². The van der Waals surface area contributed by atoms with Crippen LogP contribution in [0.25, 0.3) is 0 Å². The van der Waals surface area contributed by atoms with Gasteiger partial charge in [0.25, 0.3) is 0 Å². The lowest BCUT2D eigenvalue weighted by Crippen LogP contribution is -2.57. The van der Waals surface area contributed by atoms with E-state index < -0.39 is 0 Å². The van der Waals surface area contributed by atoms with Gasteiger partial charge in [-0.05, 0) is 97.4 Å². The van der Waals surface area contributed by atoms with Gasteiger partial charge in [-0.15, -0.1) is 0 Å². The summed E-state index contributed by atoms with van der Waals surface area (Å²) < 4.78 is 6.97. The zero-order valence-corrected chi connectivity index (χ0v) is 19.9. The molecule has 3 N–H and O–H groups in total. The molecular weight excluding hydrogens is 386 g/mol. The summed E-state index contributed by atoms with van der Waals surface area (Å²) in [5.41, 5.74) is 1.44. The number of rotatable bonds is 0. The van der Waals surface area contributed by atoms with Gasteiger partial charge in [-0.25, -0.2) is 0 Å². The van der Waals surface area contributed by atoms with Crippen LogP contribution in [0.3, 0.4) is 0 Å². The Kier molecular flexibility index (Phi) is 4.64. The van der Waals surface area contributed by atoms with Crippen LogP contribution in [0, 0.1) is 46.3 Å². The number of hydrogen-bond acceptors (Lipinski definition) is 4. The lowest BCUT2D eigenvalue weighted by atomic mass is 9.45. The van der Waals surface area contributed by atoms with Crippen molar-refractivity contribution in [2.75, 3.05) is 6.54 Å². The van der Waals surface area contributed by atoms with Crippen molar-refractivity contribution in [1.82, 2.24) is 5.32 Å². The fourth-order valence-corrected chi connectivity index (χ4v) is 9.95. The molecule has 6 rings (SSSR count). The number of piperidine rings is 1. The fourth-order valence-electron chi connectivity index (χ4n) is 9.95. The van der Waals surface area contributed by atoms with Crippen LogP contribution in [0.2, 0.25) is 0 Å². The van der Waals surface area contributed by atoms with Gasteiger partial charge in [0, 0.05) is 12.5 Å². The molecule has 2 saturated heterocycles. The van der Waals surface area contributed by atoms with Gasteiger partial charge in [-0.2, -0.15) is 0 Å². The number of aliphatic hydroxyl groups excluding tert-OH is 2. The third-order valence-corrected chi connectivity index (χ3v) is 11.6. The standard InChI is InChI=1S/C27H43NO3/c1-15-5-10-27(28-14-15)16(2)24-23(31-27)13-20-18-12-22(30)21-11-17(29)6-8-25(21,3)19(18)7-9-26(20,24)4/h11,15-20,22-24,28-30H,5-10,12-14H2,1-4H3/t15?,16-,17?,18?,19?,20?,22?,23-,24-,25+,26-,27?/m0/s1. The molecule has 0 bridgehead atoms. The van der Waals surface area contributed by atoms with Crippen molar-refractivity contribution in [2.24, 2.45) is 46.3 Å². The molecule has 12 atom stereocenters. The van der Waals surface area contributed by atoms with Crippen molar-refractivity contribution in [2.45, 2.75) is 103 Å². The van der Waals surface area contributed by atoms with Gasteiger partial charge < -0.3 is 14.9 Å². The minimum absolute atomic E-state index is 0.0648. The highest BCUT2D eigenvalue weighted by Crippen LogP contribution is 2.70. The Labute approximate surface area is 188 Å². The van der Waals surface area contributed by atoms with Crippen LogP contribution >= 0.6 is 0 Å². The van der Waals surface area contributed by atoms with Gasteiger partial charge in [-0.3, -0.25) is 5.32 Å². The molecule has 0 aromatic heterocycles. The van der Waals surface area contributed by atoms with Crippen molar-refractivity contribution >= 4 is 0 Å². The van der Waals surface area contributed by atoms with E-state index in [9.17, 15) is 10.2 Å². The highest BCUT2D eigenvalue weighted by molar-refractivity contribution is 5.29. The molecule has 6 aliphatic rings. The Morgan fingerprint density at radius 1 is 1.00 bits per heavy atom. The van der Waals surface area contributed by atoms with Gasteiger partial charge >= 0.3 is 0 Å². The lowest BCUT2D eigenvalue weighted by molar-refractivity contribution is -0.121. The molecule has 4 nitrogen and oxygen atoms in total. The van der Waals surface area contributed by atoms with Crippen LogP contribution in [0.5, 0.6) is 0 Å². The molecule has 1 spiro atoms. The van der Waals surface area contributed by atoms with E-state index in [0.717, 1.165) is 43.7 Å². The van der Waals surface area contributed by atoms with Crippen molar-refractivity contribution in [3.05, 3.63) is 11.6 Å². The summed E-state index contributed by atoms with van der Waals surface area (Å²) in [6.45, 7) is 10.9.